The van der Waals surface area contributed by atoms with Crippen molar-refractivity contribution in [3.63, 3.8) is 0 Å². The first-order valence-corrected chi connectivity index (χ1v) is 9.00. The number of hydrogen-bond donors (Lipinski definition) is 1. The molecule has 1 aromatic carbocycles. The molecule has 2 aliphatic rings. The van der Waals surface area contributed by atoms with Crippen LogP contribution in [0.1, 0.15) is 5.56 Å². The van der Waals surface area contributed by atoms with Crippen LogP contribution in [0.3, 0.4) is 0 Å². The lowest BCUT2D eigenvalue weighted by atomic mass is 9.88. The number of methoxy groups -OCH3 is 1. The van der Waals surface area contributed by atoms with Gasteiger partial charge in [-0.05, 0) is 17.7 Å². The summed E-state index contributed by atoms with van der Waals surface area (Å²) in [6, 6.07) is 5.28. The van der Waals surface area contributed by atoms with Crippen LogP contribution in [0.15, 0.2) is 24.3 Å². The van der Waals surface area contributed by atoms with E-state index in [2.05, 4.69) is 0 Å². The maximum atomic E-state index is 12.7. The first-order chi connectivity index (χ1) is 12.4. The second-order valence-corrected chi connectivity index (χ2v) is 7.51. The normalized spacial score (nSPS) is 27.5. The quantitative estimate of drug-likeness (QED) is 0.327. The van der Waals surface area contributed by atoms with Crippen LogP contribution in [0, 0.1) is 15.5 Å². The standard InChI is InChI=1S/C16H19N3O6S/c1-24-8-16(7-18-13(20)12(17)14(18)26-9-16)15(21)25-6-10-2-4-11(5-3-10)19(22)23/h2-5,12,14H,6-9,17H2,1H3/t12?,14-,16?/m1/s1. The Bertz CT molecular complexity index is 727. The summed E-state index contributed by atoms with van der Waals surface area (Å²) >= 11 is 1.45. The highest BCUT2D eigenvalue weighted by molar-refractivity contribution is 8.00. The summed E-state index contributed by atoms with van der Waals surface area (Å²) < 4.78 is 10.6. The van der Waals surface area contributed by atoms with Gasteiger partial charge >= 0.3 is 5.97 Å². The summed E-state index contributed by atoms with van der Waals surface area (Å²) in [6.07, 6.45) is 0. The van der Waals surface area contributed by atoms with Crippen LogP contribution in [-0.2, 0) is 25.7 Å². The van der Waals surface area contributed by atoms with Gasteiger partial charge in [-0.3, -0.25) is 19.7 Å². The molecule has 2 heterocycles. The monoisotopic (exact) mass is 381 g/mol. The number of fused-ring (bicyclic) bond motifs is 1. The highest BCUT2D eigenvalue weighted by atomic mass is 32.2. The van der Waals surface area contributed by atoms with Gasteiger partial charge in [0.25, 0.3) is 5.69 Å². The lowest BCUT2D eigenvalue weighted by Gasteiger charge is -2.52. The number of β-lactam (4-membered cyclic amide) rings is 1. The van der Waals surface area contributed by atoms with E-state index >= 15 is 0 Å². The molecular formula is C16H19N3O6S. The second kappa shape index (κ2) is 7.22. The molecule has 2 aliphatic heterocycles. The van der Waals surface area contributed by atoms with Gasteiger partial charge in [0.15, 0.2) is 0 Å². The Kier molecular flexibility index (Phi) is 5.17. The van der Waals surface area contributed by atoms with Crippen LogP contribution in [0.4, 0.5) is 5.69 Å². The minimum Gasteiger partial charge on any atom is -0.460 e. The molecule has 0 aromatic heterocycles. The van der Waals surface area contributed by atoms with Crippen LogP contribution in [-0.4, -0.2) is 59.1 Å². The van der Waals surface area contributed by atoms with E-state index in [1.54, 1.807) is 4.90 Å². The van der Waals surface area contributed by atoms with E-state index in [4.69, 9.17) is 15.2 Å². The van der Waals surface area contributed by atoms with Gasteiger partial charge in [0.1, 0.15) is 23.4 Å². The topological polar surface area (TPSA) is 125 Å². The molecule has 3 rings (SSSR count). The molecule has 140 valence electrons. The number of carbonyl (C=O) groups excluding carboxylic acids is 2. The van der Waals surface area contributed by atoms with Crippen molar-refractivity contribution in [3.05, 3.63) is 39.9 Å². The smallest absolute Gasteiger partial charge is 0.317 e. The van der Waals surface area contributed by atoms with E-state index in [1.165, 1.54) is 43.1 Å². The molecule has 0 spiro atoms. The van der Waals surface area contributed by atoms with Crippen LogP contribution in [0.25, 0.3) is 0 Å². The van der Waals surface area contributed by atoms with Gasteiger partial charge in [0.05, 0.1) is 11.5 Å². The van der Waals surface area contributed by atoms with E-state index in [-0.39, 0.29) is 36.7 Å². The van der Waals surface area contributed by atoms with Gasteiger partial charge in [-0.15, -0.1) is 11.8 Å². The highest BCUT2D eigenvalue weighted by Crippen LogP contribution is 2.42. The first-order valence-electron chi connectivity index (χ1n) is 7.95. The number of amides is 1. The molecule has 2 N–H and O–H groups in total. The molecule has 3 atom stereocenters. The van der Waals surface area contributed by atoms with E-state index in [9.17, 15) is 19.7 Å². The van der Waals surface area contributed by atoms with Gasteiger partial charge < -0.3 is 20.1 Å². The average molecular weight is 381 g/mol. The molecule has 0 bridgehead atoms. The van der Waals surface area contributed by atoms with Crippen LogP contribution in [0.5, 0.6) is 0 Å². The Morgan fingerprint density at radius 3 is 2.77 bits per heavy atom. The average Bonchev–Trinajstić information content (AvgIpc) is 2.65. The summed E-state index contributed by atoms with van der Waals surface area (Å²) in [6.45, 7) is 0.332. The summed E-state index contributed by atoms with van der Waals surface area (Å²) in [5, 5.41) is 10.6. The molecule has 2 unspecified atom stereocenters. The Morgan fingerprint density at radius 1 is 1.46 bits per heavy atom. The summed E-state index contributed by atoms with van der Waals surface area (Å²) in [5.74, 6) is -0.190. The largest absolute Gasteiger partial charge is 0.460 e. The molecule has 9 nitrogen and oxygen atoms in total. The Labute approximate surface area is 153 Å². The SMILES string of the molecule is COCC1(C(=O)OCc2ccc([N+](=O)[O-])cc2)CS[C@@H]2C(N)C(=O)N2C1. The number of non-ortho nitro benzene ring substituents is 1. The molecule has 2 fully saturated rings. The van der Waals surface area contributed by atoms with Crippen molar-refractivity contribution in [2.24, 2.45) is 11.1 Å². The third-order valence-corrected chi connectivity index (χ3v) is 6.17. The van der Waals surface area contributed by atoms with Crippen molar-refractivity contribution < 1.29 is 24.0 Å². The predicted octanol–water partition coefficient (Wildman–Crippen LogP) is 0.513. The first kappa shape index (κ1) is 18.6. The van der Waals surface area contributed by atoms with Crippen molar-refractivity contribution in [2.45, 2.75) is 18.0 Å². The molecule has 2 saturated heterocycles. The number of nitro benzene ring substituents is 1. The molecule has 1 amide bonds. The third-order valence-electron chi connectivity index (χ3n) is 4.56. The van der Waals surface area contributed by atoms with Crippen molar-refractivity contribution in [3.8, 4) is 0 Å². The van der Waals surface area contributed by atoms with Crippen LogP contribution >= 0.6 is 11.8 Å². The fourth-order valence-electron chi connectivity index (χ4n) is 3.09. The van der Waals surface area contributed by atoms with E-state index in [0.717, 1.165) is 0 Å². The molecule has 0 aliphatic carbocycles. The number of benzene rings is 1. The van der Waals surface area contributed by atoms with Crippen molar-refractivity contribution in [2.75, 3.05) is 26.0 Å². The molecular weight excluding hydrogens is 362 g/mol. The summed E-state index contributed by atoms with van der Waals surface area (Å²) in [7, 11) is 1.49. The van der Waals surface area contributed by atoms with E-state index < -0.39 is 22.3 Å². The number of esters is 1. The number of rotatable bonds is 6. The number of hydrogen-bond acceptors (Lipinski definition) is 8. The highest BCUT2D eigenvalue weighted by Gasteiger charge is 2.56. The van der Waals surface area contributed by atoms with E-state index in [0.29, 0.717) is 11.3 Å². The number of nitrogens with zero attached hydrogens (tertiary/aromatic N) is 2. The van der Waals surface area contributed by atoms with Crippen LogP contribution < -0.4 is 5.73 Å². The number of thioether (sulfide) groups is 1. The molecule has 26 heavy (non-hydrogen) atoms. The van der Waals surface area contributed by atoms with Crippen molar-refractivity contribution in [1.29, 1.82) is 0 Å². The van der Waals surface area contributed by atoms with Gasteiger partial charge in [-0.2, -0.15) is 0 Å². The maximum Gasteiger partial charge on any atom is 0.317 e. The van der Waals surface area contributed by atoms with Gasteiger partial charge in [0.2, 0.25) is 5.91 Å². The maximum absolute atomic E-state index is 12.7. The van der Waals surface area contributed by atoms with Crippen molar-refractivity contribution >= 4 is 29.3 Å². The minimum atomic E-state index is -0.952. The summed E-state index contributed by atoms with van der Waals surface area (Å²) in [4.78, 5) is 36.4. The van der Waals surface area contributed by atoms with Crippen molar-refractivity contribution in [1.82, 2.24) is 4.90 Å². The molecule has 0 saturated carbocycles. The second-order valence-electron chi connectivity index (χ2n) is 6.41. The molecule has 1 aromatic rings. The summed E-state index contributed by atoms with van der Waals surface area (Å²) in [5.41, 5.74) is 5.43. The van der Waals surface area contributed by atoms with Gasteiger partial charge in [-0.1, -0.05) is 0 Å². The Morgan fingerprint density at radius 2 is 2.15 bits per heavy atom. The number of carbonyl (C=O) groups is 2. The molecule has 0 radical (unpaired) electrons. The Hall–Kier alpha value is -2.17. The zero-order valence-electron chi connectivity index (χ0n) is 14.1. The fourth-order valence-corrected chi connectivity index (χ4v) is 4.55. The zero-order chi connectivity index (χ0) is 18.9. The lowest BCUT2D eigenvalue weighted by Crippen LogP contribution is -2.72. The number of nitrogens with two attached hydrogens (primary N) is 1. The minimum absolute atomic E-state index is 0.0101. The van der Waals surface area contributed by atoms with Crippen LogP contribution in [0.2, 0.25) is 0 Å². The fraction of sp³-hybridized carbons (Fsp3) is 0.500. The zero-order valence-corrected chi connectivity index (χ0v) is 14.9. The third kappa shape index (κ3) is 3.27. The van der Waals surface area contributed by atoms with Gasteiger partial charge in [-0.25, -0.2) is 0 Å². The number of ether oxygens (including phenoxy) is 2. The Balaban J connectivity index is 1.65. The van der Waals surface area contributed by atoms with E-state index in [1.807, 2.05) is 0 Å². The molecule has 10 heteroatoms. The number of nitro groups is 1. The predicted molar refractivity (Wildman–Crippen MR) is 93.1 cm³/mol. The lowest BCUT2D eigenvalue weighted by molar-refractivity contribution is -0.384. The van der Waals surface area contributed by atoms with Gasteiger partial charge in [0, 0.05) is 31.5 Å².